The van der Waals surface area contributed by atoms with Gasteiger partial charge in [-0.1, -0.05) is 12.8 Å². The molecule has 0 bridgehead atoms. The molecule has 1 aromatic rings. The fourth-order valence-electron chi connectivity index (χ4n) is 2.34. The second kappa shape index (κ2) is 5.17. The van der Waals surface area contributed by atoms with Gasteiger partial charge in [0.25, 0.3) is 0 Å². The largest absolute Gasteiger partial charge is 0.477 e. The summed E-state index contributed by atoms with van der Waals surface area (Å²) >= 11 is 0. The van der Waals surface area contributed by atoms with Gasteiger partial charge in [-0.25, -0.2) is 4.98 Å². The number of nitrogens with two attached hydrogens (primary N) is 1. The van der Waals surface area contributed by atoms with Crippen molar-refractivity contribution in [2.75, 3.05) is 6.61 Å². The molecule has 1 saturated carbocycles. The Balaban J connectivity index is 2.09. The summed E-state index contributed by atoms with van der Waals surface area (Å²) in [6.45, 7) is 2.61. The van der Waals surface area contributed by atoms with E-state index in [1.54, 1.807) is 6.20 Å². The number of nitrogens with one attached hydrogen (secondary N) is 1. The summed E-state index contributed by atoms with van der Waals surface area (Å²) < 4.78 is 5.73. The van der Waals surface area contributed by atoms with Crippen LogP contribution < -0.4 is 10.5 Å². The second-order valence-electron chi connectivity index (χ2n) is 4.68. The van der Waals surface area contributed by atoms with E-state index >= 15 is 0 Å². The zero-order valence-corrected chi connectivity index (χ0v) is 10.2. The van der Waals surface area contributed by atoms with Gasteiger partial charge in [0.1, 0.15) is 5.84 Å². The highest BCUT2D eigenvalue weighted by Gasteiger charge is 2.17. The molecule has 1 aliphatic rings. The van der Waals surface area contributed by atoms with Crippen LogP contribution in [0.4, 0.5) is 0 Å². The number of nitrogens with zero attached hydrogens (tertiary/aromatic N) is 1. The molecule has 0 spiro atoms. The molecule has 92 valence electrons. The number of rotatable bonds is 4. The predicted molar refractivity (Wildman–Crippen MR) is 67.4 cm³/mol. The van der Waals surface area contributed by atoms with Crippen LogP contribution in [0.5, 0.6) is 5.88 Å². The fourth-order valence-corrected chi connectivity index (χ4v) is 2.34. The van der Waals surface area contributed by atoms with E-state index in [0.29, 0.717) is 24.0 Å². The third-order valence-corrected chi connectivity index (χ3v) is 3.32. The van der Waals surface area contributed by atoms with Crippen LogP contribution in [0.2, 0.25) is 0 Å². The van der Waals surface area contributed by atoms with Crippen LogP contribution >= 0.6 is 0 Å². The average Bonchev–Trinajstić information content (AvgIpc) is 2.78. The lowest BCUT2D eigenvalue weighted by molar-refractivity contribution is 0.243. The number of ether oxygens (including phenoxy) is 1. The van der Waals surface area contributed by atoms with Crippen molar-refractivity contribution < 1.29 is 4.74 Å². The highest BCUT2D eigenvalue weighted by atomic mass is 16.5. The minimum absolute atomic E-state index is 0.0250. The smallest absolute Gasteiger partial charge is 0.224 e. The normalized spacial score (nSPS) is 16.1. The summed E-state index contributed by atoms with van der Waals surface area (Å²) in [6, 6.07) is 1.85. The van der Waals surface area contributed by atoms with E-state index in [2.05, 4.69) is 4.98 Å². The molecule has 1 aromatic heterocycles. The molecule has 17 heavy (non-hydrogen) atoms. The topological polar surface area (TPSA) is 72.0 Å². The van der Waals surface area contributed by atoms with Gasteiger partial charge in [0.05, 0.1) is 12.2 Å². The van der Waals surface area contributed by atoms with Crippen molar-refractivity contribution in [3.05, 3.63) is 23.4 Å². The van der Waals surface area contributed by atoms with Crippen LogP contribution in [0.1, 0.15) is 36.8 Å². The first kappa shape index (κ1) is 11.9. The van der Waals surface area contributed by atoms with Crippen molar-refractivity contribution in [2.24, 2.45) is 11.7 Å². The van der Waals surface area contributed by atoms with E-state index in [-0.39, 0.29) is 5.84 Å². The lowest BCUT2D eigenvalue weighted by Crippen LogP contribution is -2.17. The van der Waals surface area contributed by atoms with Crippen molar-refractivity contribution in [3.8, 4) is 5.88 Å². The predicted octanol–water partition coefficient (Wildman–Crippen LogP) is 2.24. The SMILES string of the molecule is Cc1ccnc(OCC2CCCC2)c1C(=N)N. The van der Waals surface area contributed by atoms with Crippen molar-refractivity contribution >= 4 is 5.84 Å². The minimum Gasteiger partial charge on any atom is -0.477 e. The molecule has 1 heterocycles. The lowest BCUT2D eigenvalue weighted by Gasteiger charge is -2.14. The van der Waals surface area contributed by atoms with Crippen LogP contribution in [0.25, 0.3) is 0 Å². The lowest BCUT2D eigenvalue weighted by atomic mass is 10.1. The van der Waals surface area contributed by atoms with Gasteiger partial charge in [-0.2, -0.15) is 0 Å². The highest BCUT2D eigenvalue weighted by Crippen LogP contribution is 2.26. The van der Waals surface area contributed by atoms with Gasteiger partial charge in [-0.3, -0.25) is 5.41 Å². The van der Waals surface area contributed by atoms with Crippen molar-refractivity contribution in [1.29, 1.82) is 5.41 Å². The molecule has 0 radical (unpaired) electrons. The maximum atomic E-state index is 7.56. The first-order valence-electron chi connectivity index (χ1n) is 6.11. The van der Waals surface area contributed by atoms with E-state index in [9.17, 15) is 0 Å². The molecule has 0 saturated heterocycles. The molecule has 4 heteroatoms. The van der Waals surface area contributed by atoms with E-state index in [4.69, 9.17) is 15.9 Å². The Bertz CT molecular complexity index is 411. The van der Waals surface area contributed by atoms with Crippen LogP contribution in [0, 0.1) is 18.3 Å². The number of nitrogen functional groups attached to an aromatic ring is 1. The molecule has 3 N–H and O–H groups in total. The molecule has 0 amide bonds. The van der Waals surface area contributed by atoms with Crippen LogP contribution in [-0.4, -0.2) is 17.4 Å². The quantitative estimate of drug-likeness (QED) is 0.619. The number of pyridine rings is 1. The summed E-state index contributed by atoms with van der Waals surface area (Å²) in [7, 11) is 0. The monoisotopic (exact) mass is 233 g/mol. The summed E-state index contributed by atoms with van der Waals surface area (Å²) in [5.74, 6) is 1.17. The standard InChI is InChI=1S/C13H19N3O/c1-9-6-7-16-13(11(9)12(14)15)17-8-10-4-2-3-5-10/h6-7,10H,2-5,8H2,1H3,(H3,14,15). The maximum absolute atomic E-state index is 7.56. The number of hydrogen-bond donors (Lipinski definition) is 2. The Morgan fingerprint density at radius 1 is 1.53 bits per heavy atom. The van der Waals surface area contributed by atoms with Gasteiger partial charge in [-0.15, -0.1) is 0 Å². The average molecular weight is 233 g/mol. The Hall–Kier alpha value is -1.58. The Kier molecular flexibility index (Phi) is 3.61. The Labute approximate surface area is 102 Å². The van der Waals surface area contributed by atoms with E-state index in [1.165, 1.54) is 25.7 Å². The van der Waals surface area contributed by atoms with Crippen LogP contribution in [0.3, 0.4) is 0 Å². The molecule has 0 aliphatic heterocycles. The molecule has 0 aromatic carbocycles. The fraction of sp³-hybridized carbons (Fsp3) is 0.538. The molecule has 4 nitrogen and oxygen atoms in total. The van der Waals surface area contributed by atoms with Crippen LogP contribution in [-0.2, 0) is 0 Å². The van der Waals surface area contributed by atoms with Crippen molar-refractivity contribution in [2.45, 2.75) is 32.6 Å². The Morgan fingerprint density at radius 3 is 2.88 bits per heavy atom. The van der Waals surface area contributed by atoms with Gasteiger partial charge >= 0.3 is 0 Å². The third-order valence-electron chi connectivity index (χ3n) is 3.32. The van der Waals surface area contributed by atoms with Gasteiger partial charge < -0.3 is 10.5 Å². The minimum atomic E-state index is 0.0250. The van der Waals surface area contributed by atoms with Gasteiger partial charge in [0.15, 0.2) is 0 Å². The molecular formula is C13H19N3O. The molecule has 0 atom stereocenters. The van der Waals surface area contributed by atoms with E-state index < -0.39 is 0 Å². The summed E-state index contributed by atoms with van der Waals surface area (Å²) in [5.41, 5.74) is 7.13. The molecule has 0 unspecified atom stereocenters. The second-order valence-corrected chi connectivity index (χ2v) is 4.68. The maximum Gasteiger partial charge on any atom is 0.224 e. The van der Waals surface area contributed by atoms with E-state index in [0.717, 1.165) is 5.56 Å². The molecule has 1 aliphatic carbocycles. The molecule has 2 rings (SSSR count). The number of aromatic nitrogens is 1. The summed E-state index contributed by atoms with van der Waals surface area (Å²) in [4.78, 5) is 4.18. The van der Waals surface area contributed by atoms with Crippen molar-refractivity contribution in [1.82, 2.24) is 4.98 Å². The van der Waals surface area contributed by atoms with E-state index in [1.807, 2.05) is 13.0 Å². The first-order chi connectivity index (χ1) is 8.18. The van der Waals surface area contributed by atoms with Gasteiger partial charge in [0, 0.05) is 6.20 Å². The van der Waals surface area contributed by atoms with Crippen LogP contribution in [0.15, 0.2) is 12.3 Å². The number of hydrogen-bond acceptors (Lipinski definition) is 3. The third kappa shape index (κ3) is 2.75. The molecule has 1 fully saturated rings. The molecular weight excluding hydrogens is 214 g/mol. The zero-order chi connectivity index (χ0) is 12.3. The zero-order valence-electron chi connectivity index (χ0n) is 10.2. The highest BCUT2D eigenvalue weighted by molar-refractivity contribution is 5.98. The van der Waals surface area contributed by atoms with Gasteiger partial charge in [0.2, 0.25) is 5.88 Å². The number of aryl methyl sites for hydroxylation is 1. The Morgan fingerprint density at radius 2 is 2.24 bits per heavy atom. The first-order valence-corrected chi connectivity index (χ1v) is 6.11. The van der Waals surface area contributed by atoms with Crippen molar-refractivity contribution in [3.63, 3.8) is 0 Å². The summed E-state index contributed by atoms with van der Waals surface area (Å²) in [5, 5.41) is 7.56. The van der Waals surface area contributed by atoms with Gasteiger partial charge in [-0.05, 0) is 37.3 Å². The summed E-state index contributed by atoms with van der Waals surface area (Å²) in [6.07, 6.45) is 6.78. The number of amidine groups is 1.